The molecule has 1 aliphatic rings. The van der Waals surface area contributed by atoms with Crippen molar-refractivity contribution in [3.05, 3.63) is 89.0 Å². The molecule has 4 rings (SSSR count). The molecule has 3 aromatic rings. The van der Waals surface area contributed by atoms with Gasteiger partial charge in [-0.1, -0.05) is 30.3 Å². The summed E-state index contributed by atoms with van der Waals surface area (Å²) in [4.78, 5) is 45.5. The number of nitrogens with zero attached hydrogens (tertiary/aromatic N) is 1. The summed E-state index contributed by atoms with van der Waals surface area (Å²) in [6, 6.07) is 20.3. The third-order valence-electron chi connectivity index (χ3n) is 6.07. The summed E-state index contributed by atoms with van der Waals surface area (Å²) in [5.74, 6) is -6.13. The number of benzene rings is 3. The largest absolute Gasteiger partial charge is 0.490 e. The van der Waals surface area contributed by atoms with Gasteiger partial charge in [-0.05, 0) is 72.4 Å². The third kappa shape index (κ3) is 11.1. The summed E-state index contributed by atoms with van der Waals surface area (Å²) in [6.07, 6.45) is -6.90. The summed E-state index contributed by atoms with van der Waals surface area (Å²) >= 11 is 0. The number of anilines is 3. The Labute approximate surface area is 252 Å². The molecule has 0 aliphatic heterocycles. The van der Waals surface area contributed by atoms with Crippen molar-refractivity contribution in [1.29, 1.82) is 0 Å². The van der Waals surface area contributed by atoms with E-state index in [1.54, 1.807) is 30.3 Å². The summed E-state index contributed by atoms with van der Waals surface area (Å²) < 4.78 is 63.5. The van der Waals surface area contributed by atoms with E-state index in [1.165, 1.54) is 16.0 Å². The fourth-order valence-corrected chi connectivity index (χ4v) is 3.94. The van der Waals surface area contributed by atoms with Crippen LogP contribution in [0.1, 0.15) is 33.5 Å². The van der Waals surface area contributed by atoms with Gasteiger partial charge < -0.3 is 27.0 Å². The molecule has 0 radical (unpaired) electrons. The number of carbonyl (C=O) groups is 4. The maximum atomic E-state index is 13.4. The van der Waals surface area contributed by atoms with Crippen LogP contribution in [0.5, 0.6) is 0 Å². The third-order valence-corrected chi connectivity index (χ3v) is 6.07. The first-order valence-corrected chi connectivity index (χ1v) is 12.9. The smallest absolute Gasteiger partial charge is 0.475 e. The maximum Gasteiger partial charge on any atom is 0.490 e. The van der Waals surface area contributed by atoms with Gasteiger partial charge in [-0.15, -0.1) is 0 Å². The van der Waals surface area contributed by atoms with Crippen molar-refractivity contribution in [2.24, 2.45) is 5.73 Å². The van der Waals surface area contributed by atoms with Crippen molar-refractivity contribution in [1.82, 2.24) is 0 Å². The zero-order valence-corrected chi connectivity index (χ0v) is 23.3. The van der Waals surface area contributed by atoms with E-state index in [9.17, 15) is 35.9 Å². The minimum Gasteiger partial charge on any atom is -0.475 e. The highest BCUT2D eigenvalue weighted by Gasteiger charge is 2.38. The highest BCUT2D eigenvalue weighted by Crippen LogP contribution is 2.26. The summed E-state index contributed by atoms with van der Waals surface area (Å²) in [6.45, 7) is 0.164. The fraction of sp³-hybridized carbons (Fsp3) is 0.241. The molecule has 0 saturated carbocycles. The number of amides is 2. The van der Waals surface area contributed by atoms with Crippen LogP contribution < -0.4 is 21.7 Å². The minimum absolute atomic E-state index is 0.133. The second-order valence-electron chi connectivity index (χ2n) is 9.34. The molecular formula is C29H28F6N4O6. The van der Waals surface area contributed by atoms with Gasteiger partial charge in [-0.3, -0.25) is 14.5 Å². The van der Waals surface area contributed by atoms with E-state index < -0.39 is 24.3 Å². The average molecular weight is 643 g/mol. The number of nitrogens with two attached hydrogens (primary N) is 2. The van der Waals surface area contributed by atoms with Crippen LogP contribution in [0, 0.1) is 0 Å². The number of carboxylic acids is 2. The topological polar surface area (TPSA) is 176 Å². The quantitative estimate of drug-likeness (QED) is 0.189. The number of hydrogen-bond acceptors (Lipinski definition) is 6. The predicted octanol–water partition coefficient (Wildman–Crippen LogP) is 4.77. The Morgan fingerprint density at radius 3 is 1.89 bits per heavy atom. The van der Waals surface area contributed by atoms with Gasteiger partial charge >= 0.3 is 24.3 Å². The zero-order chi connectivity index (χ0) is 33.9. The number of nitrogens with one attached hydrogen (secondary N) is 1. The SMILES string of the molecule is NCc1ccc(N)c(C(=O)N(CC(=O)Nc2ccc3c(c2)CCC3)c2ccccc2)c1.O=C(O)C(F)(F)F.O=C(O)C(F)(F)F. The maximum absolute atomic E-state index is 13.4. The number of aryl methyl sites for hydroxylation is 2. The number of halogens is 6. The normalized spacial score (nSPS) is 12.0. The van der Waals surface area contributed by atoms with Crippen LogP contribution in [-0.4, -0.2) is 52.9 Å². The predicted molar refractivity (Wildman–Crippen MR) is 151 cm³/mol. The lowest BCUT2D eigenvalue weighted by molar-refractivity contribution is -0.193. The van der Waals surface area contributed by atoms with Crippen LogP contribution >= 0.6 is 0 Å². The van der Waals surface area contributed by atoms with Crippen LogP contribution in [0.3, 0.4) is 0 Å². The van der Waals surface area contributed by atoms with Gasteiger partial charge in [0.2, 0.25) is 5.91 Å². The molecule has 16 heteroatoms. The second-order valence-corrected chi connectivity index (χ2v) is 9.34. The van der Waals surface area contributed by atoms with Crippen LogP contribution in [-0.2, 0) is 33.8 Å². The Balaban J connectivity index is 0.000000421. The highest BCUT2D eigenvalue weighted by molar-refractivity contribution is 6.12. The van der Waals surface area contributed by atoms with E-state index in [0.717, 1.165) is 30.5 Å². The van der Waals surface area contributed by atoms with Gasteiger partial charge in [-0.2, -0.15) is 26.3 Å². The molecule has 0 saturated heterocycles. The lowest BCUT2D eigenvalue weighted by Crippen LogP contribution is -2.38. The lowest BCUT2D eigenvalue weighted by atomic mass is 10.1. The Hall–Kier alpha value is -5.12. The Morgan fingerprint density at radius 2 is 1.36 bits per heavy atom. The van der Waals surface area contributed by atoms with Gasteiger partial charge in [0, 0.05) is 23.6 Å². The van der Waals surface area contributed by atoms with E-state index in [0.29, 0.717) is 23.5 Å². The molecule has 7 N–H and O–H groups in total. The molecule has 0 fully saturated rings. The summed E-state index contributed by atoms with van der Waals surface area (Å²) in [5.41, 5.74) is 17.3. The van der Waals surface area contributed by atoms with E-state index >= 15 is 0 Å². The fourth-order valence-electron chi connectivity index (χ4n) is 3.94. The van der Waals surface area contributed by atoms with Gasteiger partial charge in [0.05, 0.1) is 5.56 Å². The molecule has 10 nitrogen and oxygen atoms in total. The molecule has 0 aromatic heterocycles. The number of alkyl halides is 6. The van der Waals surface area contributed by atoms with Gasteiger partial charge in [0.15, 0.2) is 0 Å². The summed E-state index contributed by atoms with van der Waals surface area (Å²) in [7, 11) is 0. The van der Waals surface area contributed by atoms with E-state index in [-0.39, 0.29) is 18.4 Å². The van der Waals surface area contributed by atoms with Crippen molar-refractivity contribution >= 4 is 40.8 Å². The molecule has 2 amide bonds. The standard InChI is InChI=1S/C25H26N4O2.2C2HF3O2/c26-15-17-9-12-23(27)22(13-17)25(31)29(21-7-2-1-3-8-21)16-24(30)28-20-11-10-18-5-4-6-19(18)14-20;2*3-2(4,5)1(6)7/h1-3,7-14H,4-6,15-16,26-27H2,(H,28,30);2*(H,6,7). The molecule has 0 bridgehead atoms. The van der Waals surface area contributed by atoms with E-state index in [4.69, 9.17) is 31.3 Å². The van der Waals surface area contributed by atoms with Crippen LogP contribution in [0.25, 0.3) is 0 Å². The average Bonchev–Trinajstić information content (AvgIpc) is 3.44. The van der Waals surface area contributed by atoms with Crippen molar-refractivity contribution in [2.75, 3.05) is 22.5 Å². The molecule has 3 aromatic carbocycles. The van der Waals surface area contributed by atoms with Crippen molar-refractivity contribution in [2.45, 2.75) is 38.2 Å². The van der Waals surface area contributed by atoms with Crippen LogP contribution in [0.2, 0.25) is 0 Å². The van der Waals surface area contributed by atoms with Crippen molar-refractivity contribution < 1.29 is 55.7 Å². The monoisotopic (exact) mass is 642 g/mol. The number of nitrogen functional groups attached to an aromatic ring is 1. The number of rotatable bonds is 6. The highest BCUT2D eigenvalue weighted by atomic mass is 19.4. The molecule has 45 heavy (non-hydrogen) atoms. The number of hydrogen-bond donors (Lipinski definition) is 5. The van der Waals surface area contributed by atoms with E-state index in [2.05, 4.69) is 11.4 Å². The number of aliphatic carboxylic acids is 2. The first-order valence-electron chi connectivity index (χ1n) is 12.9. The molecule has 0 heterocycles. The molecular weight excluding hydrogens is 614 g/mol. The van der Waals surface area contributed by atoms with Gasteiger partial charge in [0.1, 0.15) is 6.54 Å². The van der Waals surface area contributed by atoms with Crippen molar-refractivity contribution in [3.8, 4) is 0 Å². The summed E-state index contributed by atoms with van der Waals surface area (Å²) in [5, 5.41) is 17.2. The van der Waals surface area contributed by atoms with E-state index in [1.807, 2.05) is 30.3 Å². The lowest BCUT2D eigenvalue weighted by Gasteiger charge is -2.23. The van der Waals surface area contributed by atoms with Crippen molar-refractivity contribution in [3.63, 3.8) is 0 Å². The molecule has 0 unspecified atom stereocenters. The van der Waals surface area contributed by atoms with Gasteiger partial charge in [0.25, 0.3) is 5.91 Å². The Kier molecular flexibility index (Phi) is 12.5. The number of carboxylic acid groups (broad SMARTS) is 2. The number of para-hydroxylation sites is 1. The zero-order valence-electron chi connectivity index (χ0n) is 23.3. The Morgan fingerprint density at radius 1 is 0.800 bits per heavy atom. The molecule has 1 aliphatic carbocycles. The van der Waals surface area contributed by atoms with Crippen LogP contribution in [0.15, 0.2) is 66.7 Å². The number of fused-ring (bicyclic) bond motifs is 1. The van der Waals surface area contributed by atoms with Gasteiger partial charge in [-0.25, -0.2) is 9.59 Å². The number of carbonyl (C=O) groups excluding carboxylic acids is 2. The van der Waals surface area contributed by atoms with Crippen LogP contribution in [0.4, 0.5) is 43.4 Å². The molecule has 0 atom stereocenters. The minimum atomic E-state index is -5.08. The second kappa shape index (κ2) is 15.6. The first-order chi connectivity index (χ1) is 20.9. The molecule has 242 valence electrons. The molecule has 0 spiro atoms. The Bertz CT molecular complexity index is 1490. The first kappa shape index (κ1) is 36.1.